The lowest BCUT2D eigenvalue weighted by atomic mass is 10.1. The van der Waals surface area contributed by atoms with Crippen LogP contribution in [0.1, 0.15) is 25.8 Å². The Balaban J connectivity index is 1.82. The normalized spacial score (nSPS) is 12.7. The second-order valence-electron chi connectivity index (χ2n) is 8.69. The minimum atomic E-state index is -4.18. The van der Waals surface area contributed by atoms with Gasteiger partial charge >= 0.3 is 5.97 Å². The minimum absolute atomic E-state index is 0.0821. The van der Waals surface area contributed by atoms with Crippen molar-refractivity contribution in [2.24, 2.45) is 0 Å². The summed E-state index contributed by atoms with van der Waals surface area (Å²) in [5.41, 5.74) is -1.35. The summed E-state index contributed by atoms with van der Waals surface area (Å²) in [6.07, 6.45) is 0.0420. The molecule has 3 rings (SSSR count). The number of rotatable bonds is 13. The van der Waals surface area contributed by atoms with E-state index in [9.17, 15) is 50.3 Å². The molecule has 2 unspecified atom stereocenters. The van der Waals surface area contributed by atoms with Gasteiger partial charge in [-0.1, -0.05) is 25.1 Å². The Labute approximate surface area is 235 Å². The van der Waals surface area contributed by atoms with E-state index in [0.29, 0.717) is 0 Å². The Morgan fingerprint density at radius 1 is 1.00 bits per heavy atom. The van der Waals surface area contributed by atoms with Gasteiger partial charge in [0, 0.05) is 12.3 Å². The fourth-order valence-electron chi connectivity index (χ4n) is 3.75. The van der Waals surface area contributed by atoms with Crippen LogP contribution in [0.4, 0.5) is 23.2 Å². The molecule has 0 fully saturated rings. The van der Waals surface area contributed by atoms with Crippen LogP contribution in [0.3, 0.4) is 0 Å². The first-order valence-corrected chi connectivity index (χ1v) is 13.5. The largest absolute Gasteiger partial charge is 0.481 e. The van der Waals surface area contributed by atoms with Crippen molar-refractivity contribution in [2.75, 3.05) is 11.3 Å². The van der Waals surface area contributed by atoms with Crippen molar-refractivity contribution < 1.29 is 50.2 Å². The number of sulfonamides is 1. The topological polar surface area (TPSA) is 161 Å². The number of ketones is 1. The fraction of sp³-hybridized carbons (Fsp3) is 0.231. The monoisotopic (exact) mass is 613 g/mol. The van der Waals surface area contributed by atoms with Crippen LogP contribution in [0.5, 0.6) is 5.75 Å². The summed E-state index contributed by atoms with van der Waals surface area (Å²) in [6.45, 7) is 0.182. The van der Waals surface area contributed by atoms with Crippen molar-refractivity contribution in [3.05, 3.63) is 88.4 Å². The lowest BCUT2D eigenvalue weighted by Gasteiger charge is -2.22. The van der Waals surface area contributed by atoms with Crippen molar-refractivity contribution in [1.29, 1.82) is 0 Å². The lowest BCUT2D eigenvalue weighted by molar-refractivity contribution is -0.140. The molecule has 0 aliphatic heterocycles. The van der Waals surface area contributed by atoms with E-state index >= 15 is 0 Å². The number of pyridine rings is 1. The number of Topliss-reactive ketones (excluding diaryl/α,β-unsaturated/α-hetero) is 1. The number of hydrogen-bond acceptors (Lipinski definition) is 7. The molecule has 1 amide bonds. The first kappa shape index (κ1) is 31.8. The highest BCUT2D eigenvalue weighted by Crippen LogP contribution is 2.26. The lowest BCUT2D eigenvalue weighted by Crippen LogP contribution is -2.48. The zero-order valence-corrected chi connectivity index (χ0v) is 22.5. The van der Waals surface area contributed by atoms with Gasteiger partial charge in [0.25, 0.3) is 15.6 Å². The highest BCUT2D eigenvalue weighted by molar-refractivity contribution is 7.92. The van der Waals surface area contributed by atoms with E-state index in [1.54, 1.807) is 6.07 Å². The van der Waals surface area contributed by atoms with E-state index in [1.807, 2.05) is 0 Å². The molecular formula is C26H23F4N3O8S. The minimum Gasteiger partial charge on any atom is -0.481 e. The molecule has 224 valence electrons. The zero-order chi connectivity index (χ0) is 31.2. The molecule has 1 heterocycles. The molecule has 0 spiro atoms. The summed E-state index contributed by atoms with van der Waals surface area (Å²) < 4.78 is 87.5. The molecule has 3 aromatic rings. The van der Waals surface area contributed by atoms with Gasteiger partial charge in [0.15, 0.2) is 23.2 Å². The van der Waals surface area contributed by atoms with Crippen LogP contribution in [-0.4, -0.2) is 48.4 Å². The molecule has 11 nitrogen and oxygen atoms in total. The van der Waals surface area contributed by atoms with Gasteiger partial charge in [0.1, 0.15) is 24.4 Å². The second-order valence-corrected chi connectivity index (χ2v) is 10.4. The maximum absolute atomic E-state index is 13.9. The molecule has 0 saturated heterocycles. The number of aliphatic carboxylic acids is 1. The number of carboxylic acids is 1. The number of anilines is 1. The number of nitrogens with zero attached hydrogens (tertiary/aromatic N) is 1. The van der Waals surface area contributed by atoms with Gasteiger partial charge in [-0.15, -0.1) is 0 Å². The van der Waals surface area contributed by atoms with Crippen molar-refractivity contribution in [2.45, 2.75) is 36.7 Å². The third kappa shape index (κ3) is 7.31. The Hall–Kier alpha value is -4.73. The molecule has 42 heavy (non-hydrogen) atoms. The number of carbonyl (C=O) groups is 3. The number of nitrogens with one attached hydrogen (secondary N) is 2. The number of aromatic nitrogens is 1. The number of benzene rings is 2. The quantitative estimate of drug-likeness (QED) is 0.196. The van der Waals surface area contributed by atoms with Crippen molar-refractivity contribution >= 4 is 33.4 Å². The molecule has 3 N–H and O–H groups in total. The Morgan fingerprint density at radius 3 is 2.19 bits per heavy atom. The van der Waals surface area contributed by atoms with E-state index in [-0.39, 0.29) is 17.4 Å². The summed E-state index contributed by atoms with van der Waals surface area (Å²) in [7, 11) is -4.18. The molecule has 2 aromatic carbocycles. The van der Waals surface area contributed by atoms with Crippen LogP contribution >= 0.6 is 0 Å². The Bertz CT molecular complexity index is 1640. The molecule has 0 aliphatic carbocycles. The predicted octanol–water partition coefficient (Wildman–Crippen LogP) is 2.76. The molecule has 0 radical (unpaired) electrons. The van der Waals surface area contributed by atoms with Crippen LogP contribution in [0.2, 0.25) is 0 Å². The van der Waals surface area contributed by atoms with Gasteiger partial charge in [-0.2, -0.15) is 8.78 Å². The third-order valence-electron chi connectivity index (χ3n) is 5.81. The van der Waals surface area contributed by atoms with Crippen molar-refractivity contribution in [3.8, 4) is 5.75 Å². The second kappa shape index (κ2) is 13.3. The predicted molar refractivity (Wildman–Crippen MR) is 138 cm³/mol. The van der Waals surface area contributed by atoms with E-state index < -0.39 is 93.1 Å². The van der Waals surface area contributed by atoms with Gasteiger partial charge in [0.05, 0.1) is 11.3 Å². The summed E-state index contributed by atoms with van der Waals surface area (Å²) in [5.74, 6) is -12.9. The maximum atomic E-state index is 13.9. The standard InChI is InChI=1S/C26H23F4N3O8S/c1-2-19(33-10-6-9-17(26(33)38)32-42(39,40)14-7-4-3-5-8-14)25(37)31-18(12-21(35)36)20(34)13-41-24-22(29)15(27)11-16(28)23(24)30/h3-11,18-19,32H,2,12-13H2,1H3,(H,31,37)(H,35,36). The van der Waals surface area contributed by atoms with Crippen LogP contribution in [0.15, 0.2) is 64.4 Å². The van der Waals surface area contributed by atoms with Crippen LogP contribution in [0.25, 0.3) is 0 Å². The number of amides is 1. The number of halogens is 4. The number of carboxylic acid groups (broad SMARTS) is 1. The van der Waals surface area contributed by atoms with Crippen molar-refractivity contribution in [3.63, 3.8) is 0 Å². The smallest absolute Gasteiger partial charge is 0.305 e. The van der Waals surface area contributed by atoms with E-state index in [0.717, 1.165) is 16.8 Å². The number of carbonyl (C=O) groups excluding carboxylic acids is 2. The Kier molecular flexibility index (Phi) is 10.1. The molecular weight excluding hydrogens is 590 g/mol. The number of ether oxygens (including phenoxy) is 1. The first-order valence-electron chi connectivity index (χ1n) is 12.1. The highest BCUT2D eigenvalue weighted by atomic mass is 32.2. The molecule has 0 saturated carbocycles. The average molecular weight is 614 g/mol. The van der Waals surface area contributed by atoms with Crippen LogP contribution in [-0.2, 0) is 24.4 Å². The maximum Gasteiger partial charge on any atom is 0.305 e. The summed E-state index contributed by atoms with van der Waals surface area (Å²) in [4.78, 5) is 50.1. The van der Waals surface area contributed by atoms with Gasteiger partial charge in [-0.3, -0.25) is 23.9 Å². The molecule has 0 bridgehead atoms. The Morgan fingerprint density at radius 2 is 1.62 bits per heavy atom. The summed E-state index contributed by atoms with van der Waals surface area (Å²) >= 11 is 0. The van der Waals surface area contributed by atoms with Gasteiger partial charge in [-0.05, 0) is 30.7 Å². The molecule has 1 aromatic heterocycles. The third-order valence-corrected chi connectivity index (χ3v) is 7.19. The highest BCUT2D eigenvalue weighted by Gasteiger charge is 2.30. The molecule has 0 aliphatic rings. The van der Waals surface area contributed by atoms with Gasteiger partial charge in [0.2, 0.25) is 17.5 Å². The van der Waals surface area contributed by atoms with Crippen LogP contribution in [0, 0.1) is 23.3 Å². The SMILES string of the molecule is CCC(C(=O)NC(CC(=O)O)C(=O)COc1c(F)c(F)cc(F)c1F)n1cccc(NS(=O)(=O)c2ccccc2)c1=O. The fourth-order valence-corrected chi connectivity index (χ4v) is 4.83. The van der Waals surface area contributed by atoms with E-state index in [2.05, 4.69) is 14.8 Å². The first-order chi connectivity index (χ1) is 19.8. The van der Waals surface area contributed by atoms with E-state index in [1.165, 1.54) is 37.3 Å². The molecule has 16 heteroatoms. The summed E-state index contributed by atoms with van der Waals surface area (Å²) in [6, 6.07) is 6.23. The van der Waals surface area contributed by atoms with Crippen LogP contribution < -0.4 is 20.3 Å². The van der Waals surface area contributed by atoms with Gasteiger partial charge < -0.3 is 19.7 Å². The van der Waals surface area contributed by atoms with E-state index in [4.69, 9.17) is 0 Å². The number of hydrogen-bond donors (Lipinski definition) is 3. The average Bonchev–Trinajstić information content (AvgIpc) is 2.94. The van der Waals surface area contributed by atoms with Gasteiger partial charge in [-0.25, -0.2) is 17.2 Å². The zero-order valence-electron chi connectivity index (χ0n) is 21.6. The van der Waals surface area contributed by atoms with Crippen molar-refractivity contribution in [1.82, 2.24) is 9.88 Å². The molecule has 2 atom stereocenters. The summed E-state index contributed by atoms with van der Waals surface area (Å²) in [5, 5.41) is 11.3.